The van der Waals surface area contributed by atoms with Crippen molar-refractivity contribution in [3.8, 4) is 0 Å². The van der Waals surface area contributed by atoms with Gasteiger partial charge in [0.15, 0.2) is 0 Å². The molecule has 1 heterocycles. The maximum atomic E-state index is 5.73. The van der Waals surface area contributed by atoms with E-state index < -0.39 is 0 Å². The summed E-state index contributed by atoms with van der Waals surface area (Å²) in [7, 11) is 0. The zero-order valence-corrected chi connectivity index (χ0v) is 16.5. The van der Waals surface area contributed by atoms with Crippen molar-refractivity contribution in [3.63, 3.8) is 0 Å². The number of benzene rings is 1. The predicted octanol–water partition coefficient (Wildman–Crippen LogP) is 6.14. The third-order valence-corrected chi connectivity index (χ3v) is 5.21. The summed E-state index contributed by atoms with van der Waals surface area (Å²) in [6, 6.07) is 12.5. The molecular weight excluding hydrogens is 322 g/mol. The van der Waals surface area contributed by atoms with Gasteiger partial charge in [-0.05, 0) is 49.0 Å². The molecule has 0 aliphatic heterocycles. The zero-order chi connectivity index (χ0) is 18.4. The lowest BCUT2D eigenvalue weighted by molar-refractivity contribution is 0.117. The van der Waals surface area contributed by atoms with Crippen LogP contribution in [-0.2, 0) is 17.8 Å². The van der Waals surface area contributed by atoms with Crippen LogP contribution in [0.1, 0.15) is 75.8 Å². The normalized spacial score (nSPS) is 20.1. The Balaban J connectivity index is 1.29. The molecule has 0 atom stereocenters. The minimum Gasteiger partial charge on any atom is -0.377 e. The standard InChI is InChI=1S/C23H33NO2/c1-23(2,3)16-19-13-20(14-19)22-15-21(26-24-22)11-7-8-12-25-17-18-9-5-4-6-10-18/h4-6,9-10,15,19-20H,7-8,11-14,16-17H2,1-3H3. The van der Waals surface area contributed by atoms with Gasteiger partial charge in [0.25, 0.3) is 0 Å². The van der Waals surface area contributed by atoms with E-state index in [0.29, 0.717) is 17.9 Å². The molecule has 0 bridgehead atoms. The van der Waals surface area contributed by atoms with E-state index in [0.717, 1.165) is 37.5 Å². The molecular formula is C23H33NO2. The van der Waals surface area contributed by atoms with Crippen molar-refractivity contribution in [2.24, 2.45) is 11.3 Å². The van der Waals surface area contributed by atoms with E-state index in [1.165, 1.54) is 30.5 Å². The van der Waals surface area contributed by atoms with E-state index in [1.807, 2.05) is 18.2 Å². The summed E-state index contributed by atoms with van der Waals surface area (Å²) in [6.45, 7) is 8.49. The Morgan fingerprint density at radius 2 is 1.88 bits per heavy atom. The molecule has 0 spiro atoms. The number of hydrogen-bond acceptors (Lipinski definition) is 3. The Bertz CT molecular complexity index is 650. The summed E-state index contributed by atoms with van der Waals surface area (Å²) in [5.74, 6) is 2.51. The van der Waals surface area contributed by atoms with E-state index in [-0.39, 0.29) is 0 Å². The summed E-state index contributed by atoms with van der Waals surface area (Å²) in [5.41, 5.74) is 2.84. The highest BCUT2D eigenvalue weighted by Gasteiger charge is 2.34. The van der Waals surface area contributed by atoms with Crippen molar-refractivity contribution >= 4 is 0 Å². The molecule has 0 radical (unpaired) electrons. The number of aromatic nitrogens is 1. The second kappa shape index (κ2) is 8.85. The topological polar surface area (TPSA) is 35.3 Å². The molecule has 1 aromatic heterocycles. The third kappa shape index (κ3) is 5.98. The second-order valence-corrected chi connectivity index (χ2v) is 9.01. The van der Waals surface area contributed by atoms with Gasteiger partial charge in [0.05, 0.1) is 12.3 Å². The number of hydrogen-bond donors (Lipinski definition) is 0. The molecule has 1 aliphatic carbocycles. The number of ether oxygens (including phenoxy) is 1. The third-order valence-electron chi connectivity index (χ3n) is 5.21. The molecule has 3 nitrogen and oxygen atoms in total. The lowest BCUT2D eigenvalue weighted by Gasteiger charge is -2.37. The van der Waals surface area contributed by atoms with Crippen LogP contribution in [0.5, 0.6) is 0 Å². The summed E-state index contributed by atoms with van der Waals surface area (Å²) in [4.78, 5) is 0. The largest absolute Gasteiger partial charge is 0.377 e. The van der Waals surface area contributed by atoms with Crippen LogP contribution < -0.4 is 0 Å². The second-order valence-electron chi connectivity index (χ2n) is 9.01. The van der Waals surface area contributed by atoms with Crippen molar-refractivity contribution in [2.45, 2.75) is 71.8 Å². The van der Waals surface area contributed by atoms with Crippen molar-refractivity contribution in [1.82, 2.24) is 5.16 Å². The molecule has 0 unspecified atom stereocenters. The van der Waals surface area contributed by atoms with Crippen LogP contribution >= 0.6 is 0 Å². The van der Waals surface area contributed by atoms with Crippen LogP contribution in [0.25, 0.3) is 0 Å². The minimum atomic E-state index is 0.438. The molecule has 3 rings (SSSR count). The Morgan fingerprint density at radius 1 is 1.12 bits per heavy atom. The number of aryl methyl sites for hydroxylation is 1. The zero-order valence-electron chi connectivity index (χ0n) is 16.5. The Kier molecular flexibility index (Phi) is 6.53. The predicted molar refractivity (Wildman–Crippen MR) is 105 cm³/mol. The quantitative estimate of drug-likeness (QED) is 0.506. The fraction of sp³-hybridized carbons (Fsp3) is 0.609. The highest BCUT2D eigenvalue weighted by Crippen LogP contribution is 2.46. The van der Waals surface area contributed by atoms with E-state index in [2.05, 4.69) is 44.1 Å². The lowest BCUT2D eigenvalue weighted by Crippen LogP contribution is -2.26. The molecule has 142 valence electrons. The smallest absolute Gasteiger partial charge is 0.137 e. The van der Waals surface area contributed by atoms with Gasteiger partial charge in [0.2, 0.25) is 0 Å². The van der Waals surface area contributed by atoms with E-state index in [1.54, 1.807) is 0 Å². The highest BCUT2D eigenvalue weighted by atomic mass is 16.5. The number of rotatable bonds is 9. The van der Waals surface area contributed by atoms with Crippen LogP contribution in [0.4, 0.5) is 0 Å². The van der Waals surface area contributed by atoms with Gasteiger partial charge in [-0.1, -0.05) is 56.3 Å². The van der Waals surface area contributed by atoms with Gasteiger partial charge in [-0.2, -0.15) is 0 Å². The van der Waals surface area contributed by atoms with Gasteiger partial charge < -0.3 is 9.26 Å². The van der Waals surface area contributed by atoms with E-state index in [4.69, 9.17) is 9.26 Å². The SMILES string of the molecule is CC(C)(C)CC1CC(c2cc(CCCCOCc3ccccc3)on2)C1. The maximum absolute atomic E-state index is 5.73. The van der Waals surface area contributed by atoms with Crippen LogP contribution in [0, 0.1) is 11.3 Å². The van der Waals surface area contributed by atoms with Gasteiger partial charge in [-0.15, -0.1) is 0 Å². The summed E-state index contributed by atoms with van der Waals surface area (Å²) in [6.07, 6.45) is 6.96. The van der Waals surface area contributed by atoms with Crippen LogP contribution in [0.3, 0.4) is 0 Å². The van der Waals surface area contributed by atoms with Crippen molar-refractivity contribution < 1.29 is 9.26 Å². The maximum Gasteiger partial charge on any atom is 0.137 e. The molecule has 26 heavy (non-hydrogen) atoms. The van der Waals surface area contributed by atoms with Crippen LogP contribution in [-0.4, -0.2) is 11.8 Å². The van der Waals surface area contributed by atoms with Gasteiger partial charge in [-0.3, -0.25) is 0 Å². The molecule has 0 saturated heterocycles. The molecule has 1 aromatic carbocycles. The molecule has 1 saturated carbocycles. The van der Waals surface area contributed by atoms with E-state index >= 15 is 0 Å². The van der Waals surface area contributed by atoms with Crippen molar-refractivity contribution in [3.05, 3.63) is 53.4 Å². The van der Waals surface area contributed by atoms with Crippen LogP contribution in [0.15, 0.2) is 40.9 Å². The Morgan fingerprint density at radius 3 is 2.62 bits per heavy atom. The van der Waals surface area contributed by atoms with Crippen molar-refractivity contribution in [1.29, 1.82) is 0 Å². The molecule has 1 aliphatic rings. The van der Waals surface area contributed by atoms with Crippen LogP contribution in [0.2, 0.25) is 0 Å². The fourth-order valence-electron chi connectivity index (χ4n) is 3.92. The Labute approximate surface area is 158 Å². The summed E-state index contributed by atoms with van der Waals surface area (Å²) >= 11 is 0. The van der Waals surface area contributed by atoms with Crippen molar-refractivity contribution in [2.75, 3.05) is 6.61 Å². The first-order valence-electron chi connectivity index (χ1n) is 10.1. The molecule has 0 amide bonds. The molecule has 0 N–H and O–H groups in total. The fourth-order valence-corrected chi connectivity index (χ4v) is 3.92. The Hall–Kier alpha value is -1.61. The molecule has 3 heteroatoms. The minimum absolute atomic E-state index is 0.438. The van der Waals surface area contributed by atoms with Gasteiger partial charge >= 0.3 is 0 Å². The van der Waals surface area contributed by atoms with E-state index in [9.17, 15) is 0 Å². The average Bonchev–Trinajstić information content (AvgIpc) is 3.02. The highest BCUT2D eigenvalue weighted by molar-refractivity contribution is 5.15. The first-order chi connectivity index (χ1) is 12.5. The molecule has 1 fully saturated rings. The number of nitrogens with zero attached hydrogens (tertiary/aromatic N) is 1. The first-order valence-corrected chi connectivity index (χ1v) is 10.1. The molecule has 2 aromatic rings. The summed E-state index contributed by atoms with van der Waals surface area (Å²) < 4.78 is 11.3. The van der Waals surface area contributed by atoms with Gasteiger partial charge in [-0.25, -0.2) is 0 Å². The monoisotopic (exact) mass is 355 g/mol. The summed E-state index contributed by atoms with van der Waals surface area (Å²) in [5, 5.41) is 4.32. The number of unbranched alkanes of at least 4 members (excludes halogenated alkanes) is 1. The lowest BCUT2D eigenvalue weighted by atomic mass is 9.67. The first kappa shape index (κ1) is 19.2. The van der Waals surface area contributed by atoms with Gasteiger partial charge in [0, 0.05) is 25.0 Å². The van der Waals surface area contributed by atoms with Gasteiger partial charge in [0.1, 0.15) is 5.76 Å². The average molecular weight is 356 g/mol.